The van der Waals surface area contributed by atoms with E-state index < -0.39 is 0 Å². The highest BCUT2D eigenvalue weighted by atomic mass is 32.1. The van der Waals surface area contributed by atoms with Crippen molar-refractivity contribution >= 4 is 17.2 Å². The summed E-state index contributed by atoms with van der Waals surface area (Å²) in [5.41, 5.74) is 2.81. The molecule has 0 spiro atoms. The Balaban J connectivity index is 1.41. The van der Waals surface area contributed by atoms with E-state index in [1.807, 2.05) is 29.2 Å². The third-order valence-corrected chi connectivity index (χ3v) is 4.77. The van der Waals surface area contributed by atoms with Gasteiger partial charge in [0.15, 0.2) is 0 Å². The van der Waals surface area contributed by atoms with Crippen LogP contribution in [-0.2, 0) is 11.2 Å². The zero-order chi connectivity index (χ0) is 16.8. The topological polar surface area (TPSA) is 64.5 Å². The Bertz CT molecular complexity index is 638. The van der Waals surface area contributed by atoms with Gasteiger partial charge in [-0.15, -0.1) is 10.2 Å². The number of aromatic nitrogens is 2. The molecular weight excluding hydrogens is 326 g/mol. The largest absolute Gasteiger partial charge is 0.497 e. The molecule has 7 heteroatoms. The molecule has 0 aliphatic carbocycles. The first-order valence-corrected chi connectivity index (χ1v) is 8.96. The molecule has 3 rings (SSSR count). The third-order valence-electron chi connectivity index (χ3n) is 4.19. The van der Waals surface area contributed by atoms with Crippen molar-refractivity contribution in [3.05, 3.63) is 35.3 Å². The van der Waals surface area contributed by atoms with Crippen molar-refractivity contribution in [2.45, 2.75) is 31.8 Å². The predicted octanol–water partition coefficient (Wildman–Crippen LogP) is 2.55. The Labute approximate surface area is 145 Å². The van der Waals surface area contributed by atoms with Crippen molar-refractivity contribution in [2.75, 3.05) is 20.2 Å². The summed E-state index contributed by atoms with van der Waals surface area (Å²) in [5.74, 6) is 1.04. The van der Waals surface area contributed by atoms with E-state index in [2.05, 4.69) is 10.2 Å². The lowest BCUT2D eigenvalue weighted by atomic mass is 10.1. The lowest BCUT2D eigenvalue weighted by Gasteiger charge is -2.31. The van der Waals surface area contributed by atoms with E-state index in [9.17, 15) is 4.79 Å². The van der Waals surface area contributed by atoms with Crippen LogP contribution in [0.15, 0.2) is 29.8 Å². The summed E-state index contributed by atoms with van der Waals surface area (Å²) in [4.78, 5) is 14.3. The number of carbonyl (C=O) groups excluding carboxylic acids is 1. The molecule has 0 N–H and O–H groups in total. The summed E-state index contributed by atoms with van der Waals surface area (Å²) in [6.07, 6.45) is 3.10. The van der Waals surface area contributed by atoms with Gasteiger partial charge in [0.2, 0.25) is 5.91 Å². The van der Waals surface area contributed by atoms with Crippen LogP contribution in [0.4, 0.5) is 0 Å². The highest BCUT2D eigenvalue weighted by Gasteiger charge is 2.24. The predicted molar refractivity (Wildman–Crippen MR) is 91.5 cm³/mol. The van der Waals surface area contributed by atoms with E-state index in [4.69, 9.17) is 9.47 Å². The van der Waals surface area contributed by atoms with Gasteiger partial charge in [-0.05, 0) is 24.1 Å². The fourth-order valence-corrected chi connectivity index (χ4v) is 3.25. The molecule has 0 bridgehead atoms. The molecule has 1 aliphatic heterocycles. The maximum absolute atomic E-state index is 12.4. The number of piperidine rings is 1. The van der Waals surface area contributed by atoms with Gasteiger partial charge >= 0.3 is 0 Å². The molecule has 1 aromatic carbocycles. The maximum Gasteiger partial charge on any atom is 0.294 e. The quantitative estimate of drug-likeness (QED) is 0.803. The van der Waals surface area contributed by atoms with Gasteiger partial charge in [-0.1, -0.05) is 23.5 Å². The fraction of sp³-hybridized carbons (Fsp3) is 0.471. The third kappa shape index (κ3) is 4.44. The number of rotatable bonds is 6. The van der Waals surface area contributed by atoms with Crippen molar-refractivity contribution in [1.29, 1.82) is 0 Å². The standard InChI is InChI=1S/C17H21N3O3S/c1-22-14-5-2-13(3-6-14)4-7-16(21)20-10-8-15(9-11-20)23-17-19-18-12-24-17/h2-3,5-6,12,15H,4,7-11H2,1H3. The van der Waals surface area contributed by atoms with Crippen LogP contribution in [0.1, 0.15) is 24.8 Å². The summed E-state index contributed by atoms with van der Waals surface area (Å²) < 4.78 is 10.9. The molecule has 6 nitrogen and oxygen atoms in total. The zero-order valence-corrected chi connectivity index (χ0v) is 14.5. The van der Waals surface area contributed by atoms with Crippen LogP contribution in [0.2, 0.25) is 0 Å². The molecule has 0 saturated carbocycles. The Kier molecular flexibility index (Phi) is 5.63. The molecular formula is C17H21N3O3S. The van der Waals surface area contributed by atoms with Crippen molar-refractivity contribution in [3.8, 4) is 10.9 Å². The highest BCUT2D eigenvalue weighted by Crippen LogP contribution is 2.20. The van der Waals surface area contributed by atoms with Gasteiger partial charge in [0.25, 0.3) is 5.19 Å². The lowest BCUT2D eigenvalue weighted by Crippen LogP contribution is -2.41. The number of hydrogen-bond donors (Lipinski definition) is 0. The van der Waals surface area contributed by atoms with Crippen LogP contribution >= 0.6 is 11.3 Å². The molecule has 1 fully saturated rings. The van der Waals surface area contributed by atoms with Crippen LogP contribution in [0, 0.1) is 0 Å². The van der Waals surface area contributed by atoms with Gasteiger partial charge < -0.3 is 14.4 Å². The Hall–Kier alpha value is -2.15. The minimum Gasteiger partial charge on any atom is -0.497 e. The van der Waals surface area contributed by atoms with E-state index in [-0.39, 0.29) is 12.0 Å². The first-order valence-electron chi connectivity index (χ1n) is 8.08. The van der Waals surface area contributed by atoms with Gasteiger partial charge in [0.05, 0.1) is 7.11 Å². The van der Waals surface area contributed by atoms with E-state index in [0.717, 1.165) is 43.7 Å². The second-order valence-corrected chi connectivity index (χ2v) is 6.55. The lowest BCUT2D eigenvalue weighted by molar-refractivity contribution is -0.132. The van der Waals surface area contributed by atoms with Crippen molar-refractivity contribution < 1.29 is 14.3 Å². The molecule has 0 radical (unpaired) electrons. The molecule has 1 aliphatic rings. The summed E-state index contributed by atoms with van der Waals surface area (Å²) >= 11 is 1.40. The maximum atomic E-state index is 12.4. The van der Waals surface area contributed by atoms with Crippen LogP contribution < -0.4 is 9.47 Å². The fourth-order valence-electron chi connectivity index (χ4n) is 2.78. The van der Waals surface area contributed by atoms with Crippen LogP contribution in [-0.4, -0.2) is 47.3 Å². The second kappa shape index (κ2) is 8.10. The SMILES string of the molecule is COc1ccc(CCC(=O)N2CCC(Oc3nncs3)CC2)cc1. The van der Waals surface area contributed by atoms with E-state index in [1.54, 1.807) is 12.6 Å². The number of benzene rings is 1. The van der Waals surface area contributed by atoms with Crippen LogP contribution in [0.3, 0.4) is 0 Å². The van der Waals surface area contributed by atoms with Gasteiger partial charge in [-0.25, -0.2) is 0 Å². The number of amides is 1. The smallest absolute Gasteiger partial charge is 0.294 e. The summed E-state index contributed by atoms with van der Waals surface area (Å²) in [5, 5.41) is 8.27. The van der Waals surface area contributed by atoms with Gasteiger partial charge in [0.1, 0.15) is 17.4 Å². The van der Waals surface area contributed by atoms with Gasteiger partial charge in [0, 0.05) is 32.4 Å². The normalized spacial score (nSPS) is 15.3. The first kappa shape index (κ1) is 16.7. The van der Waals surface area contributed by atoms with Crippen molar-refractivity contribution in [3.63, 3.8) is 0 Å². The number of hydrogen-bond acceptors (Lipinski definition) is 6. The average molecular weight is 347 g/mol. The summed E-state index contributed by atoms with van der Waals surface area (Å²) in [7, 11) is 1.65. The molecule has 0 atom stereocenters. The monoisotopic (exact) mass is 347 g/mol. The molecule has 2 heterocycles. The molecule has 24 heavy (non-hydrogen) atoms. The molecule has 1 saturated heterocycles. The molecule has 1 aromatic heterocycles. The Morgan fingerprint density at radius 1 is 1.29 bits per heavy atom. The van der Waals surface area contributed by atoms with Crippen LogP contribution in [0.25, 0.3) is 0 Å². The first-order chi connectivity index (χ1) is 11.7. The van der Waals surface area contributed by atoms with Crippen LogP contribution in [0.5, 0.6) is 10.9 Å². The molecule has 2 aromatic rings. The number of ether oxygens (including phenoxy) is 2. The number of likely N-dealkylation sites (tertiary alicyclic amines) is 1. The molecule has 0 unspecified atom stereocenters. The second-order valence-electron chi connectivity index (χ2n) is 5.75. The average Bonchev–Trinajstić information content (AvgIpc) is 3.14. The van der Waals surface area contributed by atoms with Crippen molar-refractivity contribution in [2.24, 2.45) is 0 Å². The Morgan fingerprint density at radius 3 is 2.67 bits per heavy atom. The van der Waals surface area contributed by atoms with E-state index in [0.29, 0.717) is 11.6 Å². The zero-order valence-electron chi connectivity index (χ0n) is 13.7. The highest BCUT2D eigenvalue weighted by molar-refractivity contribution is 7.11. The van der Waals surface area contributed by atoms with Gasteiger partial charge in [-0.2, -0.15) is 0 Å². The number of nitrogens with zero attached hydrogens (tertiary/aromatic N) is 3. The minimum absolute atomic E-state index is 0.128. The van der Waals surface area contributed by atoms with E-state index in [1.165, 1.54) is 11.3 Å². The molecule has 1 amide bonds. The number of aryl methyl sites for hydroxylation is 1. The Morgan fingerprint density at radius 2 is 2.04 bits per heavy atom. The van der Waals surface area contributed by atoms with Crippen molar-refractivity contribution in [1.82, 2.24) is 15.1 Å². The summed E-state index contributed by atoms with van der Waals surface area (Å²) in [6, 6.07) is 7.87. The van der Waals surface area contributed by atoms with Gasteiger partial charge in [-0.3, -0.25) is 4.79 Å². The summed E-state index contributed by atoms with van der Waals surface area (Å²) in [6.45, 7) is 1.48. The number of methoxy groups -OCH3 is 1. The minimum atomic E-state index is 0.128. The molecule has 128 valence electrons. The number of carbonyl (C=O) groups is 1. The van der Waals surface area contributed by atoms with E-state index >= 15 is 0 Å².